The third-order valence-electron chi connectivity index (χ3n) is 4.35. The van der Waals surface area contributed by atoms with E-state index in [9.17, 15) is 4.79 Å². The highest BCUT2D eigenvalue weighted by atomic mass is 16.5. The Kier molecular flexibility index (Phi) is 5.49. The predicted octanol–water partition coefficient (Wildman–Crippen LogP) is 4.08. The Hall–Kier alpha value is -2.33. The molecule has 2 aromatic rings. The highest BCUT2D eigenvalue weighted by Gasteiger charge is 2.11. The molecule has 24 heavy (non-hydrogen) atoms. The van der Waals surface area contributed by atoms with Crippen LogP contribution >= 0.6 is 0 Å². The number of nitrogens with one attached hydrogen (secondary N) is 1. The van der Waals surface area contributed by atoms with Gasteiger partial charge in [0, 0.05) is 37.1 Å². The quantitative estimate of drug-likeness (QED) is 0.901. The highest BCUT2D eigenvalue weighted by molar-refractivity contribution is 6.04. The summed E-state index contributed by atoms with van der Waals surface area (Å²) in [4.78, 5) is 14.8. The molecule has 0 atom stereocenters. The second kappa shape index (κ2) is 7.97. The van der Waals surface area contributed by atoms with Crippen LogP contribution in [0.2, 0.25) is 0 Å². The van der Waals surface area contributed by atoms with Crippen molar-refractivity contribution in [2.75, 3.05) is 30.4 Å². The van der Waals surface area contributed by atoms with E-state index in [2.05, 4.69) is 22.3 Å². The molecule has 0 aliphatic carbocycles. The van der Waals surface area contributed by atoms with Crippen LogP contribution in [0, 0.1) is 0 Å². The van der Waals surface area contributed by atoms with E-state index < -0.39 is 0 Å². The Bertz CT molecular complexity index is 676. The van der Waals surface area contributed by atoms with Crippen LogP contribution in [0.3, 0.4) is 0 Å². The van der Waals surface area contributed by atoms with Crippen LogP contribution in [0.25, 0.3) is 0 Å². The van der Waals surface area contributed by atoms with E-state index in [-0.39, 0.29) is 5.91 Å². The van der Waals surface area contributed by atoms with Crippen molar-refractivity contribution in [3.8, 4) is 0 Å². The zero-order valence-electron chi connectivity index (χ0n) is 14.1. The Balaban J connectivity index is 1.64. The first-order valence-electron chi connectivity index (χ1n) is 8.50. The number of amides is 1. The van der Waals surface area contributed by atoms with Crippen LogP contribution in [0.15, 0.2) is 48.5 Å². The van der Waals surface area contributed by atoms with Gasteiger partial charge in [0.15, 0.2) is 0 Å². The first-order valence-corrected chi connectivity index (χ1v) is 8.50. The van der Waals surface area contributed by atoms with E-state index in [4.69, 9.17) is 4.74 Å². The highest BCUT2D eigenvalue weighted by Crippen LogP contribution is 2.22. The summed E-state index contributed by atoms with van der Waals surface area (Å²) in [5, 5.41) is 2.96. The number of ether oxygens (including phenoxy) is 1. The Morgan fingerprint density at radius 1 is 1.08 bits per heavy atom. The minimum atomic E-state index is -0.0984. The lowest BCUT2D eigenvalue weighted by Gasteiger charge is -2.28. The first kappa shape index (κ1) is 16.5. The topological polar surface area (TPSA) is 41.6 Å². The number of rotatable bonds is 5. The molecule has 1 saturated heterocycles. The monoisotopic (exact) mass is 324 g/mol. The number of carbonyl (C=O) groups is 1. The van der Waals surface area contributed by atoms with Crippen molar-refractivity contribution in [1.29, 1.82) is 0 Å². The number of hydrogen-bond donors (Lipinski definition) is 1. The number of benzene rings is 2. The molecule has 0 radical (unpaired) electrons. The molecule has 1 aliphatic heterocycles. The lowest BCUT2D eigenvalue weighted by Crippen LogP contribution is -2.29. The van der Waals surface area contributed by atoms with Gasteiger partial charge in [0.2, 0.25) is 0 Å². The van der Waals surface area contributed by atoms with Gasteiger partial charge in [-0.2, -0.15) is 0 Å². The van der Waals surface area contributed by atoms with E-state index in [1.165, 1.54) is 24.9 Å². The van der Waals surface area contributed by atoms with Crippen molar-refractivity contribution < 1.29 is 9.53 Å². The smallest absolute Gasteiger partial charge is 0.255 e. The maximum atomic E-state index is 12.4. The molecule has 1 amide bonds. The van der Waals surface area contributed by atoms with E-state index in [0.29, 0.717) is 12.2 Å². The fourth-order valence-corrected chi connectivity index (χ4v) is 3.08. The van der Waals surface area contributed by atoms with Gasteiger partial charge in [0.25, 0.3) is 5.91 Å². The van der Waals surface area contributed by atoms with E-state index in [1.54, 1.807) is 7.11 Å². The number of hydrogen-bond acceptors (Lipinski definition) is 3. The molecule has 0 unspecified atom stereocenters. The van der Waals surface area contributed by atoms with Gasteiger partial charge in [0.1, 0.15) is 0 Å². The fraction of sp³-hybridized carbons (Fsp3) is 0.350. The first-order chi connectivity index (χ1) is 11.8. The average Bonchev–Trinajstić information content (AvgIpc) is 2.64. The van der Waals surface area contributed by atoms with Crippen molar-refractivity contribution in [2.45, 2.75) is 25.9 Å². The molecule has 0 spiro atoms. The summed E-state index contributed by atoms with van der Waals surface area (Å²) in [6, 6.07) is 15.6. The maximum absolute atomic E-state index is 12.4. The zero-order valence-corrected chi connectivity index (χ0v) is 14.1. The molecule has 1 fully saturated rings. The Morgan fingerprint density at radius 2 is 1.83 bits per heavy atom. The van der Waals surface area contributed by atoms with Crippen LogP contribution in [0.5, 0.6) is 0 Å². The van der Waals surface area contributed by atoms with E-state index >= 15 is 0 Å². The number of carbonyl (C=O) groups excluding carboxylic acids is 1. The SMILES string of the molecule is COCc1cccc(C(=O)Nc2ccc(N3CCCCC3)cc2)c1. The van der Waals surface area contributed by atoms with Crippen LogP contribution in [0.4, 0.5) is 11.4 Å². The number of methoxy groups -OCH3 is 1. The Morgan fingerprint density at radius 3 is 2.54 bits per heavy atom. The molecule has 0 bridgehead atoms. The van der Waals surface area contributed by atoms with Gasteiger partial charge in [-0.05, 0) is 61.2 Å². The molecule has 4 nitrogen and oxygen atoms in total. The molecule has 0 aromatic heterocycles. The lowest BCUT2D eigenvalue weighted by molar-refractivity contribution is 0.102. The molecule has 126 valence electrons. The predicted molar refractivity (Wildman–Crippen MR) is 97.6 cm³/mol. The van der Waals surface area contributed by atoms with E-state index in [1.807, 2.05) is 36.4 Å². The normalized spacial score (nSPS) is 14.5. The minimum absolute atomic E-state index is 0.0984. The maximum Gasteiger partial charge on any atom is 0.255 e. The summed E-state index contributed by atoms with van der Waals surface area (Å²) in [6.07, 6.45) is 3.85. The van der Waals surface area contributed by atoms with Crippen LogP contribution in [-0.2, 0) is 11.3 Å². The van der Waals surface area contributed by atoms with Gasteiger partial charge < -0.3 is 15.0 Å². The van der Waals surface area contributed by atoms with Crippen LogP contribution < -0.4 is 10.2 Å². The van der Waals surface area contributed by atoms with Gasteiger partial charge in [-0.25, -0.2) is 0 Å². The molecule has 0 saturated carbocycles. The second-order valence-corrected chi connectivity index (χ2v) is 6.18. The molecule has 1 N–H and O–H groups in total. The molecule has 1 heterocycles. The average molecular weight is 324 g/mol. The summed E-state index contributed by atoms with van der Waals surface area (Å²) in [6.45, 7) is 2.75. The van der Waals surface area contributed by atoms with Gasteiger partial charge in [-0.3, -0.25) is 4.79 Å². The summed E-state index contributed by atoms with van der Waals surface area (Å²) >= 11 is 0. The summed E-state index contributed by atoms with van der Waals surface area (Å²) in [5.74, 6) is -0.0984. The van der Waals surface area contributed by atoms with Crippen molar-refractivity contribution >= 4 is 17.3 Å². The van der Waals surface area contributed by atoms with Crippen LogP contribution in [-0.4, -0.2) is 26.1 Å². The van der Waals surface area contributed by atoms with Gasteiger partial charge >= 0.3 is 0 Å². The van der Waals surface area contributed by atoms with Crippen molar-refractivity contribution in [2.24, 2.45) is 0 Å². The minimum Gasteiger partial charge on any atom is -0.380 e. The number of nitrogens with zero attached hydrogens (tertiary/aromatic N) is 1. The third kappa shape index (κ3) is 4.15. The molecule has 2 aromatic carbocycles. The van der Waals surface area contributed by atoms with Gasteiger partial charge in [-0.1, -0.05) is 12.1 Å². The third-order valence-corrected chi connectivity index (χ3v) is 4.35. The van der Waals surface area contributed by atoms with E-state index in [0.717, 1.165) is 24.3 Å². The second-order valence-electron chi connectivity index (χ2n) is 6.18. The number of piperidine rings is 1. The van der Waals surface area contributed by atoms with Crippen molar-refractivity contribution in [1.82, 2.24) is 0 Å². The van der Waals surface area contributed by atoms with Crippen LogP contribution in [0.1, 0.15) is 35.2 Å². The summed E-state index contributed by atoms with van der Waals surface area (Å²) in [5.41, 5.74) is 3.68. The zero-order chi connectivity index (χ0) is 16.8. The summed E-state index contributed by atoms with van der Waals surface area (Å²) < 4.78 is 5.12. The molecule has 3 rings (SSSR count). The Labute approximate surface area is 143 Å². The molecule has 4 heteroatoms. The molecular formula is C20H24N2O2. The van der Waals surface area contributed by atoms with Crippen molar-refractivity contribution in [3.05, 3.63) is 59.7 Å². The largest absolute Gasteiger partial charge is 0.380 e. The van der Waals surface area contributed by atoms with Crippen molar-refractivity contribution in [3.63, 3.8) is 0 Å². The van der Waals surface area contributed by atoms with Gasteiger partial charge in [-0.15, -0.1) is 0 Å². The lowest BCUT2D eigenvalue weighted by atomic mass is 10.1. The number of anilines is 2. The summed E-state index contributed by atoms with van der Waals surface area (Å²) in [7, 11) is 1.65. The fourth-order valence-electron chi connectivity index (χ4n) is 3.08. The van der Waals surface area contributed by atoms with Gasteiger partial charge in [0.05, 0.1) is 6.61 Å². The standard InChI is InChI=1S/C20H24N2O2/c1-24-15-16-6-5-7-17(14-16)20(23)21-18-8-10-19(11-9-18)22-12-3-2-4-13-22/h5-11,14H,2-4,12-13,15H2,1H3,(H,21,23). The molecular weight excluding hydrogens is 300 g/mol. The molecule has 1 aliphatic rings.